The second-order valence-electron chi connectivity index (χ2n) is 5.66. The Labute approximate surface area is 147 Å². The van der Waals surface area contributed by atoms with Gasteiger partial charge in [0, 0.05) is 16.1 Å². The fraction of sp³-hybridized carbons (Fsp3) is 0.176. The maximum atomic E-state index is 12.7. The highest BCUT2D eigenvalue weighted by Gasteiger charge is 2.52. The largest absolute Gasteiger partial charge is 0.508 e. The molecule has 124 valence electrons. The first kappa shape index (κ1) is 16.8. The minimum Gasteiger partial charge on any atom is -0.508 e. The zero-order valence-electron chi connectivity index (χ0n) is 12.5. The van der Waals surface area contributed by atoms with E-state index < -0.39 is 23.2 Å². The SMILES string of the molecule is C[C@H](C(=O)c1ccc(O)cc1)[C@]1(O)C(=O)Nc2c(Cl)cc(Cl)cc21. The van der Waals surface area contributed by atoms with Crippen molar-refractivity contribution in [2.45, 2.75) is 12.5 Å². The number of amides is 1. The van der Waals surface area contributed by atoms with E-state index in [1.54, 1.807) is 0 Å². The maximum Gasteiger partial charge on any atom is 0.261 e. The Kier molecular flexibility index (Phi) is 4.03. The van der Waals surface area contributed by atoms with Gasteiger partial charge < -0.3 is 15.5 Å². The van der Waals surface area contributed by atoms with E-state index >= 15 is 0 Å². The van der Waals surface area contributed by atoms with Gasteiger partial charge in [0.25, 0.3) is 5.91 Å². The lowest BCUT2D eigenvalue weighted by atomic mass is 9.79. The molecule has 1 heterocycles. The molecule has 2 atom stereocenters. The molecular weight excluding hydrogens is 353 g/mol. The molecule has 1 aliphatic heterocycles. The van der Waals surface area contributed by atoms with Crippen molar-refractivity contribution in [1.82, 2.24) is 0 Å². The molecule has 0 aromatic heterocycles. The van der Waals surface area contributed by atoms with Crippen LogP contribution in [-0.4, -0.2) is 21.9 Å². The molecule has 0 unspecified atom stereocenters. The third kappa shape index (κ3) is 2.45. The van der Waals surface area contributed by atoms with Crippen molar-refractivity contribution in [1.29, 1.82) is 0 Å². The molecule has 1 amide bonds. The van der Waals surface area contributed by atoms with Crippen LogP contribution in [-0.2, 0) is 10.4 Å². The number of carbonyl (C=O) groups excluding carboxylic acids is 2. The first-order valence-electron chi connectivity index (χ1n) is 7.11. The van der Waals surface area contributed by atoms with Crippen LogP contribution in [0.4, 0.5) is 5.69 Å². The standard InChI is InChI=1S/C17H13Cl2NO4/c1-8(15(22)9-2-4-11(21)5-3-9)17(24)12-6-10(18)7-13(19)14(12)20-16(17)23/h2-8,21,24H,1H3,(H,20,23)/t8-,17-/m1/s1. The Balaban J connectivity index is 2.06. The number of halogens is 2. The van der Waals surface area contributed by atoms with Crippen molar-refractivity contribution in [3.63, 3.8) is 0 Å². The third-order valence-electron chi connectivity index (χ3n) is 4.22. The van der Waals surface area contributed by atoms with Gasteiger partial charge in [0.15, 0.2) is 11.4 Å². The lowest BCUT2D eigenvalue weighted by Crippen LogP contribution is -2.44. The van der Waals surface area contributed by atoms with Crippen LogP contribution in [0.3, 0.4) is 0 Å². The first-order valence-corrected chi connectivity index (χ1v) is 7.87. The third-order valence-corrected chi connectivity index (χ3v) is 4.74. The summed E-state index contributed by atoms with van der Waals surface area (Å²) in [6, 6.07) is 8.44. The van der Waals surface area contributed by atoms with E-state index in [9.17, 15) is 19.8 Å². The second kappa shape index (κ2) is 5.77. The highest BCUT2D eigenvalue weighted by Crippen LogP contribution is 2.46. The van der Waals surface area contributed by atoms with Gasteiger partial charge in [-0.3, -0.25) is 9.59 Å². The Morgan fingerprint density at radius 3 is 2.46 bits per heavy atom. The van der Waals surface area contributed by atoms with Crippen molar-refractivity contribution >= 4 is 40.6 Å². The van der Waals surface area contributed by atoms with Crippen LogP contribution < -0.4 is 5.32 Å². The van der Waals surface area contributed by atoms with Crippen molar-refractivity contribution in [3.8, 4) is 5.75 Å². The number of ketones is 1. The van der Waals surface area contributed by atoms with Crippen LogP contribution in [0.5, 0.6) is 5.75 Å². The van der Waals surface area contributed by atoms with Gasteiger partial charge in [0.2, 0.25) is 0 Å². The molecular formula is C17H13Cl2NO4. The molecule has 24 heavy (non-hydrogen) atoms. The average molecular weight is 366 g/mol. The molecule has 2 aromatic carbocycles. The van der Waals surface area contributed by atoms with E-state index in [-0.39, 0.29) is 32.6 Å². The van der Waals surface area contributed by atoms with E-state index in [4.69, 9.17) is 23.2 Å². The predicted octanol–water partition coefficient (Wildman–Crippen LogP) is 3.36. The summed E-state index contributed by atoms with van der Waals surface area (Å²) in [7, 11) is 0. The smallest absolute Gasteiger partial charge is 0.261 e. The van der Waals surface area contributed by atoms with Gasteiger partial charge in [0.05, 0.1) is 16.6 Å². The molecule has 0 fully saturated rings. The lowest BCUT2D eigenvalue weighted by molar-refractivity contribution is -0.137. The molecule has 3 rings (SSSR count). The molecule has 0 radical (unpaired) electrons. The van der Waals surface area contributed by atoms with Crippen molar-refractivity contribution < 1.29 is 19.8 Å². The van der Waals surface area contributed by atoms with Gasteiger partial charge in [-0.15, -0.1) is 0 Å². The quantitative estimate of drug-likeness (QED) is 0.727. The summed E-state index contributed by atoms with van der Waals surface area (Å²) >= 11 is 12.0. The number of phenols is 1. The van der Waals surface area contributed by atoms with Gasteiger partial charge in [-0.25, -0.2) is 0 Å². The molecule has 2 aromatic rings. The highest BCUT2D eigenvalue weighted by molar-refractivity contribution is 6.37. The molecule has 7 heteroatoms. The minimum atomic E-state index is -2.08. The molecule has 0 spiro atoms. The number of nitrogens with one attached hydrogen (secondary N) is 1. The van der Waals surface area contributed by atoms with Gasteiger partial charge >= 0.3 is 0 Å². The molecule has 0 aliphatic carbocycles. The van der Waals surface area contributed by atoms with Gasteiger partial charge in [0.1, 0.15) is 5.75 Å². The normalized spacial score (nSPS) is 20.4. The number of hydrogen-bond acceptors (Lipinski definition) is 4. The van der Waals surface area contributed by atoms with E-state index in [0.717, 1.165) is 0 Å². The molecule has 0 saturated carbocycles. The van der Waals surface area contributed by atoms with Crippen molar-refractivity contribution in [2.75, 3.05) is 5.32 Å². The minimum absolute atomic E-state index is 0.0143. The number of rotatable bonds is 3. The predicted molar refractivity (Wildman–Crippen MR) is 90.6 cm³/mol. The highest BCUT2D eigenvalue weighted by atomic mass is 35.5. The van der Waals surface area contributed by atoms with E-state index in [2.05, 4.69) is 5.32 Å². The summed E-state index contributed by atoms with van der Waals surface area (Å²) in [6.07, 6.45) is 0. The molecule has 3 N–H and O–H groups in total. The maximum absolute atomic E-state index is 12.7. The Hall–Kier alpha value is -2.08. The molecule has 0 bridgehead atoms. The van der Waals surface area contributed by atoms with Crippen LogP contribution in [0.2, 0.25) is 10.0 Å². The van der Waals surface area contributed by atoms with Crippen molar-refractivity contribution in [3.05, 3.63) is 57.6 Å². The number of aliphatic hydroxyl groups is 1. The van der Waals surface area contributed by atoms with Gasteiger partial charge in [-0.05, 0) is 36.4 Å². The Bertz CT molecular complexity index is 850. The zero-order chi connectivity index (χ0) is 17.6. The summed E-state index contributed by atoms with van der Waals surface area (Å²) in [4.78, 5) is 25.1. The van der Waals surface area contributed by atoms with Crippen LogP contribution in [0.15, 0.2) is 36.4 Å². The molecule has 5 nitrogen and oxygen atoms in total. The van der Waals surface area contributed by atoms with Gasteiger partial charge in [-0.1, -0.05) is 30.1 Å². The van der Waals surface area contributed by atoms with E-state index in [1.165, 1.54) is 43.3 Å². The van der Waals surface area contributed by atoms with Crippen LogP contribution in [0, 0.1) is 5.92 Å². The summed E-state index contributed by atoms with van der Waals surface area (Å²) < 4.78 is 0. The summed E-state index contributed by atoms with van der Waals surface area (Å²) in [5, 5.41) is 23.3. The lowest BCUT2D eigenvalue weighted by Gasteiger charge is -2.27. The summed E-state index contributed by atoms with van der Waals surface area (Å²) in [5.74, 6) is -2.25. The van der Waals surface area contributed by atoms with Crippen LogP contribution in [0.25, 0.3) is 0 Å². The average Bonchev–Trinajstić information content (AvgIpc) is 2.80. The number of Topliss-reactive ketones (excluding diaryl/α,β-unsaturated/α-hetero) is 1. The summed E-state index contributed by atoms with van der Waals surface area (Å²) in [6.45, 7) is 1.46. The summed E-state index contributed by atoms with van der Waals surface area (Å²) in [5.41, 5.74) is -1.40. The molecule has 0 saturated heterocycles. The van der Waals surface area contributed by atoms with E-state index in [1.807, 2.05) is 0 Å². The monoisotopic (exact) mass is 365 g/mol. The van der Waals surface area contributed by atoms with Crippen molar-refractivity contribution in [2.24, 2.45) is 5.92 Å². The second-order valence-corrected chi connectivity index (χ2v) is 6.51. The first-order chi connectivity index (χ1) is 11.2. The van der Waals surface area contributed by atoms with Crippen LogP contribution >= 0.6 is 23.2 Å². The Morgan fingerprint density at radius 2 is 1.83 bits per heavy atom. The number of benzene rings is 2. The zero-order valence-corrected chi connectivity index (χ0v) is 14.0. The number of anilines is 1. The number of fused-ring (bicyclic) bond motifs is 1. The number of phenolic OH excluding ortho intramolecular Hbond substituents is 1. The topological polar surface area (TPSA) is 86.6 Å². The van der Waals surface area contributed by atoms with Crippen LogP contribution in [0.1, 0.15) is 22.8 Å². The Morgan fingerprint density at radius 1 is 1.21 bits per heavy atom. The fourth-order valence-corrected chi connectivity index (χ4v) is 3.37. The fourth-order valence-electron chi connectivity index (χ4n) is 2.83. The van der Waals surface area contributed by atoms with Gasteiger partial charge in [-0.2, -0.15) is 0 Å². The molecule has 1 aliphatic rings. The van der Waals surface area contributed by atoms with E-state index in [0.29, 0.717) is 0 Å². The number of carbonyl (C=O) groups is 2. The number of hydrogen-bond donors (Lipinski definition) is 3. The number of aromatic hydroxyl groups is 1.